The molecule has 8 heteroatoms. The molecule has 0 aliphatic rings. The highest BCUT2D eigenvalue weighted by atomic mass is 35.5. The smallest absolute Gasteiger partial charge is 0.241 e. The van der Waals surface area contributed by atoms with Gasteiger partial charge in [0.05, 0.1) is 22.6 Å². The minimum atomic E-state index is -3.85. The van der Waals surface area contributed by atoms with Gasteiger partial charge in [0.15, 0.2) is 0 Å². The first-order valence-electron chi connectivity index (χ1n) is 7.50. The van der Waals surface area contributed by atoms with E-state index in [-0.39, 0.29) is 15.8 Å². The van der Waals surface area contributed by atoms with E-state index in [4.69, 9.17) is 16.3 Å². The zero-order valence-electron chi connectivity index (χ0n) is 13.8. The van der Waals surface area contributed by atoms with Crippen molar-refractivity contribution in [2.24, 2.45) is 0 Å². The van der Waals surface area contributed by atoms with Crippen molar-refractivity contribution in [2.45, 2.75) is 38.6 Å². The molecule has 0 saturated carbocycles. The van der Waals surface area contributed by atoms with Crippen molar-refractivity contribution in [1.29, 1.82) is 0 Å². The van der Waals surface area contributed by atoms with Crippen LogP contribution >= 0.6 is 11.6 Å². The van der Waals surface area contributed by atoms with E-state index in [9.17, 15) is 13.2 Å². The first kappa shape index (κ1) is 19.7. The molecule has 0 radical (unpaired) electrons. The molecule has 0 heterocycles. The molecule has 1 aromatic carbocycles. The standard InChI is InChI=1S/C15H23ClN2O4S/c1-5-18(6-2)15(19)11(4)17-23(20,21)12-8-9-14(22-7-3)13(16)10-12/h8-11,17H,5-7H2,1-4H3/t11-/m0/s1. The highest BCUT2D eigenvalue weighted by molar-refractivity contribution is 7.89. The highest BCUT2D eigenvalue weighted by Gasteiger charge is 2.25. The predicted molar refractivity (Wildman–Crippen MR) is 90.3 cm³/mol. The molecule has 0 unspecified atom stereocenters. The molecule has 1 N–H and O–H groups in total. The van der Waals surface area contributed by atoms with Crippen molar-refractivity contribution in [3.05, 3.63) is 23.2 Å². The van der Waals surface area contributed by atoms with Gasteiger partial charge in [0.1, 0.15) is 5.75 Å². The summed E-state index contributed by atoms with van der Waals surface area (Å²) < 4.78 is 32.4. The van der Waals surface area contributed by atoms with Gasteiger partial charge in [-0.2, -0.15) is 4.72 Å². The van der Waals surface area contributed by atoms with Crippen LogP contribution in [0, 0.1) is 0 Å². The normalized spacial score (nSPS) is 12.7. The summed E-state index contributed by atoms with van der Waals surface area (Å²) in [6.45, 7) is 8.49. The largest absolute Gasteiger partial charge is 0.492 e. The third-order valence-corrected chi connectivity index (χ3v) is 5.12. The molecule has 130 valence electrons. The lowest BCUT2D eigenvalue weighted by Gasteiger charge is -2.23. The Morgan fingerprint density at radius 3 is 2.39 bits per heavy atom. The Morgan fingerprint density at radius 1 is 1.30 bits per heavy atom. The van der Waals surface area contributed by atoms with Gasteiger partial charge in [-0.05, 0) is 45.9 Å². The summed E-state index contributed by atoms with van der Waals surface area (Å²) >= 11 is 6.02. The van der Waals surface area contributed by atoms with Crippen molar-refractivity contribution in [1.82, 2.24) is 9.62 Å². The van der Waals surface area contributed by atoms with E-state index in [1.54, 1.807) is 4.90 Å². The third kappa shape index (κ3) is 5.09. The number of carbonyl (C=O) groups is 1. The van der Waals surface area contributed by atoms with Crippen molar-refractivity contribution < 1.29 is 17.9 Å². The highest BCUT2D eigenvalue weighted by Crippen LogP contribution is 2.27. The molecule has 23 heavy (non-hydrogen) atoms. The quantitative estimate of drug-likeness (QED) is 0.769. The fourth-order valence-electron chi connectivity index (χ4n) is 2.08. The Balaban J connectivity index is 2.95. The summed E-state index contributed by atoms with van der Waals surface area (Å²) in [5.74, 6) is 0.149. The predicted octanol–water partition coefficient (Wildman–Crippen LogP) is 2.27. The van der Waals surface area contributed by atoms with Crippen LogP contribution < -0.4 is 9.46 Å². The van der Waals surface area contributed by atoms with E-state index >= 15 is 0 Å². The molecule has 0 saturated heterocycles. The number of likely N-dealkylation sites (N-methyl/N-ethyl adjacent to an activating group) is 1. The minimum Gasteiger partial charge on any atom is -0.492 e. The Morgan fingerprint density at radius 2 is 1.91 bits per heavy atom. The van der Waals surface area contributed by atoms with E-state index < -0.39 is 16.1 Å². The number of sulfonamides is 1. The van der Waals surface area contributed by atoms with Gasteiger partial charge in [0, 0.05) is 13.1 Å². The van der Waals surface area contributed by atoms with Crippen LogP contribution in [0.5, 0.6) is 5.75 Å². The van der Waals surface area contributed by atoms with Gasteiger partial charge in [0.2, 0.25) is 15.9 Å². The lowest BCUT2D eigenvalue weighted by molar-refractivity contribution is -0.132. The molecule has 1 rings (SSSR count). The van der Waals surface area contributed by atoms with Crippen LogP contribution in [0.2, 0.25) is 5.02 Å². The number of carbonyl (C=O) groups excluding carboxylic acids is 1. The fraction of sp³-hybridized carbons (Fsp3) is 0.533. The summed E-state index contributed by atoms with van der Waals surface area (Å²) in [7, 11) is -3.85. The average molecular weight is 363 g/mol. The molecule has 0 aromatic heterocycles. The number of hydrogen-bond acceptors (Lipinski definition) is 4. The van der Waals surface area contributed by atoms with Crippen LogP contribution in [0.4, 0.5) is 0 Å². The Kier molecular flexibility index (Phi) is 7.31. The first-order valence-corrected chi connectivity index (χ1v) is 9.36. The Hall–Kier alpha value is -1.31. The summed E-state index contributed by atoms with van der Waals surface area (Å²) in [4.78, 5) is 13.7. The van der Waals surface area contributed by atoms with Crippen LogP contribution in [0.1, 0.15) is 27.7 Å². The van der Waals surface area contributed by atoms with Crippen LogP contribution in [0.3, 0.4) is 0 Å². The number of nitrogens with one attached hydrogen (secondary N) is 1. The molecule has 1 aromatic rings. The molecular formula is C15H23ClN2O4S. The average Bonchev–Trinajstić information content (AvgIpc) is 2.50. The molecule has 6 nitrogen and oxygen atoms in total. The number of amides is 1. The van der Waals surface area contributed by atoms with Crippen LogP contribution in [0.25, 0.3) is 0 Å². The van der Waals surface area contributed by atoms with Crippen LogP contribution in [0.15, 0.2) is 23.1 Å². The van der Waals surface area contributed by atoms with Gasteiger partial charge < -0.3 is 9.64 Å². The second-order valence-electron chi connectivity index (χ2n) is 4.88. The van der Waals surface area contributed by atoms with Crippen LogP contribution in [-0.2, 0) is 14.8 Å². The maximum absolute atomic E-state index is 12.4. The van der Waals surface area contributed by atoms with E-state index in [1.807, 2.05) is 20.8 Å². The van der Waals surface area contributed by atoms with Crippen molar-refractivity contribution in [3.8, 4) is 5.75 Å². The van der Waals surface area contributed by atoms with Gasteiger partial charge in [0.25, 0.3) is 0 Å². The number of nitrogens with zero attached hydrogens (tertiary/aromatic N) is 1. The second-order valence-corrected chi connectivity index (χ2v) is 7.00. The van der Waals surface area contributed by atoms with E-state index in [0.717, 1.165) is 0 Å². The number of rotatable bonds is 8. The zero-order chi connectivity index (χ0) is 17.6. The lowest BCUT2D eigenvalue weighted by atomic mass is 10.3. The molecule has 0 bridgehead atoms. The maximum atomic E-state index is 12.4. The Bertz CT molecular complexity index is 645. The molecule has 0 aliphatic carbocycles. The van der Waals surface area contributed by atoms with Gasteiger partial charge >= 0.3 is 0 Å². The zero-order valence-corrected chi connectivity index (χ0v) is 15.4. The van der Waals surface area contributed by atoms with Crippen molar-refractivity contribution >= 4 is 27.5 Å². The molecule has 0 fully saturated rings. The summed E-state index contributed by atoms with van der Waals surface area (Å²) in [6.07, 6.45) is 0. The lowest BCUT2D eigenvalue weighted by Crippen LogP contribution is -2.46. The first-order chi connectivity index (χ1) is 10.8. The summed E-state index contributed by atoms with van der Waals surface area (Å²) in [5, 5.41) is 0.206. The minimum absolute atomic E-state index is 0.00912. The topological polar surface area (TPSA) is 75.7 Å². The van der Waals surface area contributed by atoms with Gasteiger partial charge in [-0.25, -0.2) is 8.42 Å². The van der Waals surface area contributed by atoms with E-state index in [1.165, 1.54) is 25.1 Å². The number of benzene rings is 1. The molecule has 0 aliphatic heterocycles. The van der Waals surface area contributed by atoms with Gasteiger partial charge in [-0.15, -0.1) is 0 Å². The monoisotopic (exact) mass is 362 g/mol. The number of ether oxygens (including phenoxy) is 1. The van der Waals surface area contributed by atoms with E-state index in [0.29, 0.717) is 25.4 Å². The van der Waals surface area contributed by atoms with Crippen molar-refractivity contribution in [3.63, 3.8) is 0 Å². The third-order valence-electron chi connectivity index (χ3n) is 3.29. The van der Waals surface area contributed by atoms with Gasteiger partial charge in [-0.1, -0.05) is 11.6 Å². The number of hydrogen-bond donors (Lipinski definition) is 1. The van der Waals surface area contributed by atoms with Gasteiger partial charge in [-0.3, -0.25) is 4.79 Å². The maximum Gasteiger partial charge on any atom is 0.241 e. The SMILES string of the molecule is CCOc1ccc(S(=O)(=O)N[C@@H](C)C(=O)N(CC)CC)cc1Cl. The number of halogens is 1. The molecule has 1 amide bonds. The van der Waals surface area contributed by atoms with E-state index in [2.05, 4.69) is 4.72 Å². The molecule has 1 atom stereocenters. The fourth-order valence-corrected chi connectivity index (χ4v) is 3.60. The molecule has 0 spiro atoms. The summed E-state index contributed by atoms with van der Waals surface area (Å²) in [5.41, 5.74) is 0. The second kappa shape index (κ2) is 8.52. The van der Waals surface area contributed by atoms with Crippen LogP contribution in [-0.4, -0.2) is 45.0 Å². The molecular weight excluding hydrogens is 340 g/mol. The van der Waals surface area contributed by atoms with Crippen molar-refractivity contribution in [2.75, 3.05) is 19.7 Å². The summed E-state index contributed by atoms with van der Waals surface area (Å²) in [6, 6.07) is 3.35. The Labute approximate surface area is 142 Å².